The smallest absolute Gasteiger partial charge is 0.350 e. The predicted molar refractivity (Wildman–Crippen MR) is 110 cm³/mol. The van der Waals surface area contributed by atoms with Crippen LogP contribution < -0.4 is 0 Å². The number of thiazole rings is 1. The number of hydrogen-bond donors (Lipinski definition) is 0. The number of carbonyl (C=O) groups is 2. The number of rotatable bonds is 6. The van der Waals surface area contributed by atoms with Crippen LogP contribution in [0.15, 0.2) is 54.6 Å². The number of ether oxygens (including phenoxy) is 1. The Hall–Kier alpha value is -2.70. The maximum Gasteiger partial charge on any atom is 0.350 e. The normalized spacial score (nSPS) is 10.5. The summed E-state index contributed by atoms with van der Waals surface area (Å²) in [6, 6.07) is 16.9. The molecule has 1 aromatic heterocycles. The van der Waals surface area contributed by atoms with Crippen molar-refractivity contribution < 1.29 is 14.3 Å². The van der Waals surface area contributed by atoms with Crippen molar-refractivity contribution in [1.29, 1.82) is 0 Å². The van der Waals surface area contributed by atoms with Gasteiger partial charge < -0.3 is 9.64 Å². The van der Waals surface area contributed by atoms with Crippen LogP contribution >= 0.6 is 22.9 Å². The number of halogens is 1. The van der Waals surface area contributed by atoms with Crippen LogP contribution in [0.2, 0.25) is 5.02 Å². The molecule has 0 spiro atoms. The highest BCUT2D eigenvalue weighted by Gasteiger charge is 2.19. The monoisotopic (exact) mass is 414 g/mol. The van der Waals surface area contributed by atoms with Crippen molar-refractivity contribution >= 4 is 34.8 Å². The fourth-order valence-electron chi connectivity index (χ4n) is 2.54. The molecule has 5 nitrogen and oxygen atoms in total. The molecule has 3 aromatic rings. The van der Waals surface area contributed by atoms with Gasteiger partial charge in [-0.2, -0.15) is 0 Å². The minimum Gasteiger partial charge on any atom is -0.451 e. The summed E-state index contributed by atoms with van der Waals surface area (Å²) in [5.74, 6) is -0.820. The van der Waals surface area contributed by atoms with Gasteiger partial charge in [0, 0.05) is 24.2 Å². The Morgan fingerprint density at radius 1 is 1.11 bits per heavy atom. The van der Waals surface area contributed by atoms with Crippen molar-refractivity contribution in [3.63, 3.8) is 0 Å². The molecule has 0 atom stereocenters. The molecule has 0 aliphatic rings. The van der Waals surface area contributed by atoms with Crippen LogP contribution in [0.3, 0.4) is 0 Å². The third-order valence-electron chi connectivity index (χ3n) is 4.09. The largest absolute Gasteiger partial charge is 0.451 e. The van der Waals surface area contributed by atoms with Crippen molar-refractivity contribution in [2.45, 2.75) is 13.5 Å². The van der Waals surface area contributed by atoms with E-state index in [-0.39, 0.29) is 12.5 Å². The van der Waals surface area contributed by atoms with Crippen molar-refractivity contribution in [2.75, 3.05) is 13.7 Å². The van der Waals surface area contributed by atoms with Crippen LogP contribution in [0.4, 0.5) is 0 Å². The molecule has 0 saturated heterocycles. The maximum atomic E-state index is 12.4. The third kappa shape index (κ3) is 4.97. The Bertz CT molecular complexity index is 971. The van der Waals surface area contributed by atoms with Gasteiger partial charge in [-0.05, 0) is 24.6 Å². The van der Waals surface area contributed by atoms with E-state index in [1.165, 1.54) is 16.2 Å². The van der Waals surface area contributed by atoms with E-state index in [9.17, 15) is 9.59 Å². The molecule has 3 rings (SSSR count). The quantitative estimate of drug-likeness (QED) is 0.553. The summed E-state index contributed by atoms with van der Waals surface area (Å²) in [7, 11) is 1.66. The summed E-state index contributed by atoms with van der Waals surface area (Å²) in [6.45, 7) is 1.85. The topological polar surface area (TPSA) is 59.5 Å². The van der Waals surface area contributed by atoms with Crippen molar-refractivity contribution in [2.24, 2.45) is 0 Å². The first kappa shape index (κ1) is 20.0. The van der Waals surface area contributed by atoms with Crippen LogP contribution in [0.5, 0.6) is 0 Å². The average molecular weight is 415 g/mol. The first-order valence-electron chi connectivity index (χ1n) is 8.62. The average Bonchev–Trinajstić information content (AvgIpc) is 3.10. The first-order chi connectivity index (χ1) is 13.4. The molecular formula is C21H19ClN2O3S. The lowest BCUT2D eigenvalue weighted by molar-refractivity contribution is -0.133. The van der Waals surface area contributed by atoms with Crippen LogP contribution in [0.1, 0.15) is 20.9 Å². The molecule has 0 aliphatic heterocycles. The number of aromatic nitrogens is 1. The molecule has 144 valence electrons. The molecule has 0 aliphatic carbocycles. The molecule has 1 heterocycles. The minimum absolute atomic E-state index is 0.284. The van der Waals surface area contributed by atoms with Gasteiger partial charge in [-0.15, -0.1) is 11.3 Å². The summed E-state index contributed by atoms with van der Waals surface area (Å²) >= 11 is 7.13. The second-order valence-electron chi connectivity index (χ2n) is 6.25. The van der Waals surface area contributed by atoms with Gasteiger partial charge in [0.2, 0.25) is 0 Å². The highest BCUT2D eigenvalue weighted by Crippen LogP contribution is 2.28. The molecule has 0 fully saturated rings. The molecule has 0 bridgehead atoms. The summed E-state index contributed by atoms with van der Waals surface area (Å²) in [5.41, 5.74) is 2.47. The maximum absolute atomic E-state index is 12.4. The fraction of sp³-hybridized carbons (Fsp3) is 0.190. The first-order valence-corrected chi connectivity index (χ1v) is 9.82. The molecule has 0 radical (unpaired) electrons. The fourth-order valence-corrected chi connectivity index (χ4v) is 3.64. The van der Waals surface area contributed by atoms with Crippen molar-refractivity contribution in [3.8, 4) is 10.6 Å². The lowest BCUT2D eigenvalue weighted by atomic mass is 10.2. The lowest BCUT2D eigenvalue weighted by Crippen LogP contribution is -2.30. The van der Waals surface area contributed by atoms with Crippen LogP contribution in [0.25, 0.3) is 10.6 Å². The highest BCUT2D eigenvalue weighted by molar-refractivity contribution is 7.17. The van der Waals surface area contributed by atoms with Crippen molar-refractivity contribution in [1.82, 2.24) is 9.88 Å². The predicted octanol–water partition coefficient (Wildman–Crippen LogP) is 4.59. The molecule has 0 N–H and O–H groups in total. The van der Waals surface area contributed by atoms with Gasteiger partial charge in [0.25, 0.3) is 5.91 Å². The van der Waals surface area contributed by atoms with E-state index in [1.54, 1.807) is 26.1 Å². The Morgan fingerprint density at radius 3 is 2.46 bits per heavy atom. The van der Waals surface area contributed by atoms with Crippen LogP contribution in [-0.4, -0.2) is 35.4 Å². The van der Waals surface area contributed by atoms with Gasteiger partial charge >= 0.3 is 5.97 Å². The zero-order valence-electron chi connectivity index (χ0n) is 15.5. The van der Waals surface area contributed by atoms with Gasteiger partial charge in [-0.3, -0.25) is 4.79 Å². The number of likely N-dealkylation sites (N-methyl/N-ethyl adjacent to an activating group) is 1. The van der Waals surface area contributed by atoms with Gasteiger partial charge in [0.15, 0.2) is 6.61 Å². The Kier molecular flexibility index (Phi) is 6.44. The number of amides is 1. The van der Waals surface area contributed by atoms with Crippen molar-refractivity contribution in [3.05, 3.63) is 75.8 Å². The van der Waals surface area contributed by atoms with E-state index in [2.05, 4.69) is 4.98 Å². The third-order valence-corrected chi connectivity index (χ3v) is 5.53. The van der Waals surface area contributed by atoms with Gasteiger partial charge in [0.05, 0.1) is 5.69 Å². The molecule has 1 amide bonds. The van der Waals surface area contributed by atoms with E-state index < -0.39 is 5.97 Å². The SMILES string of the molecule is Cc1nc(-c2ccccc2)sc1C(=O)OCC(=O)N(C)Cc1ccc(Cl)cc1. The van der Waals surface area contributed by atoms with E-state index >= 15 is 0 Å². The molecule has 0 unspecified atom stereocenters. The molecule has 7 heteroatoms. The van der Waals surface area contributed by atoms with E-state index in [0.29, 0.717) is 22.1 Å². The highest BCUT2D eigenvalue weighted by atomic mass is 35.5. The Morgan fingerprint density at radius 2 is 1.79 bits per heavy atom. The molecule has 28 heavy (non-hydrogen) atoms. The summed E-state index contributed by atoms with van der Waals surface area (Å²) in [4.78, 5) is 31.0. The Labute approximate surface area is 172 Å². The minimum atomic E-state index is -0.537. The zero-order valence-corrected chi connectivity index (χ0v) is 17.1. The van der Waals surface area contributed by atoms with E-state index in [1.807, 2.05) is 42.5 Å². The number of esters is 1. The Balaban J connectivity index is 1.58. The number of aryl methyl sites for hydroxylation is 1. The van der Waals surface area contributed by atoms with E-state index in [4.69, 9.17) is 16.3 Å². The summed E-state index contributed by atoms with van der Waals surface area (Å²) in [6.07, 6.45) is 0. The molecule has 2 aromatic carbocycles. The standard InChI is InChI=1S/C21H19ClN2O3S/c1-14-19(28-20(23-14)16-6-4-3-5-7-16)21(26)27-13-18(25)24(2)12-15-8-10-17(22)11-9-15/h3-11H,12-13H2,1-2H3. The second-order valence-corrected chi connectivity index (χ2v) is 7.69. The van der Waals surface area contributed by atoms with Crippen LogP contribution in [-0.2, 0) is 16.1 Å². The van der Waals surface area contributed by atoms with Gasteiger partial charge in [-0.25, -0.2) is 9.78 Å². The number of benzene rings is 2. The van der Waals surface area contributed by atoms with E-state index in [0.717, 1.165) is 16.1 Å². The van der Waals surface area contributed by atoms with Gasteiger partial charge in [-0.1, -0.05) is 54.1 Å². The number of nitrogens with zero attached hydrogens (tertiary/aromatic N) is 2. The molecule has 0 saturated carbocycles. The van der Waals surface area contributed by atoms with Crippen LogP contribution in [0, 0.1) is 6.92 Å². The number of hydrogen-bond acceptors (Lipinski definition) is 5. The second kappa shape index (κ2) is 8.99. The van der Waals surface area contributed by atoms with Gasteiger partial charge in [0.1, 0.15) is 9.88 Å². The summed E-state index contributed by atoms with van der Waals surface area (Å²) in [5, 5.41) is 1.39. The lowest BCUT2D eigenvalue weighted by Gasteiger charge is -2.17. The summed E-state index contributed by atoms with van der Waals surface area (Å²) < 4.78 is 5.22. The number of carbonyl (C=O) groups excluding carboxylic acids is 2. The zero-order chi connectivity index (χ0) is 20.1. The molecular weight excluding hydrogens is 396 g/mol.